The Morgan fingerprint density at radius 2 is 2.24 bits per heavy atom. The summed E-state index contributed by atoms with van der Waals surface area (Å²) in [5.74, 6) is -0.0407. The molecule has 0 atom stereocenters. The van der Waals surface area contributed by atoms with E-state index in [2.05, 4.69) is 27.9 Å². The van der Waals surface area contributed by atoms with Gasteiger partial charge in [-0.3, -0.25) is 4.79 Å². The second-order valence-electron chi connectivity index (χ2n) is 3.76. The van der Waals surface area contributed by atoms with Crippen molar-refractivity contribution < 1.29 is 4.79 Å². The normalized spacial score (nSPS) is 10.0. The highest BCUT2D eigenvalue weighted by atomic mass is 127. The Kier molecular flexibility index (Phi) is 5.84. The lowest BCUT2D eigenvalue weighted by atomic mass is 10.1. The molecule has 17 heavy (non-hydrogen) atoms. The SMILES string of the molecule is Cc1cccc(C(=O)NCCCC(N)=S)c1I. The molecule has 1 aromatic rings. The molecule has 0 aliphatic rings. The van der Waals surface area contributed by atoms with Gasteiger partial charge in [-0.1, -0.05) is 24.4 Å². The number of hydrogen-bond acceptors (Lipinski definition) is 2. The largest absolute Gasteiger partial charge is 0.393 e. The molecule has 0 saturated carbocycles. The van der Waals surface area contributed by atoms with Gasteiger partial charge in [-0.25, -0.2) is 0 Å². The molecular weight excluding hydrogens is 347 g/mol. The van der Waals surface area contributed by atoms with Crippen molar-refractivity contribution in [2.45, 2.75) is 19.8 Å². The summed E-state index contributed by atoms with van der Waals surface area (Å²) >= 11 is 6.96. The lowest BCUT2D eigenvalue weighted by molar-refractivity contribution is 0.0952. The van der Waals surface area contributed by atoms with E-state index in [1.165, 1.54) is 0 Å². The maximum absolute atomic E-state index is 11.9. The van der Waals surface area contributed by atoms with Crippen LogP contribution < -0.4 is 11.1 Å². The van der Waals surface area contributed by atoms with Crippen LogP contribution in [0, 0.1) is 10.5 Å². The Hall–Kier alpha value is -0.690. The first-order valence-electron chi connectivity index (χ1n) is 5.34. The van der Waals surface area contributed by atoms with Gasteiger partial charge in [-0.15, -0.1) is 0 Å². The summed E-state index contributed by atoms with van der Waals surface area (Å²) in [7, 11) is 0. The van der Waals surface area contributed by atoms with E-state index in [9.17, 15) is 4.79 Å². The third-order valence-corrected chi connectivity index (χ3v) is 3.96. The molecule has 0 bridgehead atoms. The molecule has 0 spiro atoms. The molecule has 1 amide bonds. The number of nitrogens with one attached hydrogen (secondary N) is 1. The van der Waals surface area contributed by atoms with Gasteiger partial charge in [-0.05, 0) is 54.0 Å². The number of benzene rings is 1. The van der Waals surface area contributed by atoms with E-state index < -0.39 is 0 Å². The van der Waals surface area contributed by atoms with Gasteiger partial charge >= 0.3 is 0 Å². The van der Waals surface area contributed by atoms with Crippen LogP contribution in [0.1, 0.15) is 28.8 Å². The van der Waals surface area contributed by atoms with Gasteiger partial charge in [0, 0.05) is 10.1 Å². The molecular formula is C12H15IN2OS. The molecule has 1 rings (SSSR count). The number of aryl methyl sites for hydroxylation is 1. The smallest absolute Gasteiger partial charge is 0.252 e. The molecule has 0 aromatic heterocycles. The van der Waals surface area contributed by atoms with E-state index in [0.717, 1.165) is 21.1 Å². The summed E-state index contributed by atoms with van der Waals surface area (Å²) in [6.45, 7) is 2.59. The number of carbonyl (C=O) groups excluding carboxylic acids is 1. The maximum atomic E-state index is 11.9. The Bertz CT molecular complexity index is 435. The minimum absolute atomic E-state index is 0.0407. The molecule has 0 saturated heterocycles. The van der Waals surface area contributed by atoms with E-state index in [1.54, 1.807) is 0 Å². The lowest BCUT2D eigenvalue weighted by Crippen LogP contribution is -2.26. The number of carbonyl (C=O) groups is 1. The Balaban J connectivity index is 2.53. The third kappa shape index (κ3) is 4.59. The third-order valence-electron chi connectivity index (χ3n) is 2.32. The molecule has 0 radical (unpaired) electrons. The van der Waals surface area contributed by atoms with Crippen molar-refractivity contribution in [1.82, 2.24) is 5.32 Å². The topological polar surface area (TPSA) is 55.1 Å². The van der Waals surface area contributed by atoms with Crippen molar-refractivity contribution in [2.75, 3.05) is 6.54 Å². The summed E-state index contributed by atoms with van der Waals surface area (Å²) in [6.07, 6.45) is 1.45. The molecule has 0 aliphatic heterocycles. The molecule has 3 N–H and O–H groups in total. The van der Waals surface area contributed by atoms with Crippen molar-refractivity contribution in [3.8, 4) is 0 Å². The van der Waals surface area contributed by atoms with Crippen LogP contribution in [0.5, 0.6) is 0 Å². The number of amides is 1. The number of hydrogen-bond donors (Lipinski definition) is 2. The molecule has 0 fully saturated rings. The number of thiocarbonyl (C=S) groups is 1. The van der Waals surface area contributed by atoms with Crippen LogP contribution in [-0.4, -0.2) is 17.4 Å². The summed E-state index contributed by atoms with van der Waals surface area (Å²) in [5, 5.41) is 2.86. The zero-order valence-electron chi connectivity index (χ0n) is 9.63. The molecule has 92 valence electrons. The molecule has 0 unspecified atom stereocenters. The van der Waals surface area contributed by atoms with Gasteiger partial charge in [0.15, 0.2) is 0 Å². The highest BCUT2D eigenvalue weighted by Crippen LogP contribution is 2.16. The van der Waals surface area contributed by atoms with Crippen molar-refractivity contribution in [3.05, 3.63) is 32.9 Å². The zero-order valence-corrected chi connectivity index (χ0v) is 12.6. The highest BCUT2D eigenvalue weighted by Gasteiger charge is 2.10. The minimum Gasteiger partial charge on any atom is -0.393 e. The number of rotatable bonds is 5. The standard InChI is InChI=1S/C12H15IN2OS/c1-8-4-2-5-9(11(8)13)12(16)15-7-3-6-10(14)17/h2,4-5H,3,6-7H2,1H3,(H2,14,17)(H,15,16). The maximum Gasteiger partial charge on any atom is 0.252 e. The first kappa shape index (κ1) is 14.4. The van der Waals surface area contributed by atoms with Crippen molar-refractivity contribution >= 4 is 45.7 Å². The molecule has 5 heteroatoms. The van der Waals surface area contributed by atoms with E-state index in [4.69, 9.17) is 18.0 Å². The zero-order chi connectivity index (χ0) is 12.8. The molecule has 3 nitrogen and oxygen atoms in total. The van der Waals surface area contributed by atoms with Gasteiger partial charge in [0.05, 0.1) is 10.6 Å². The quantitative estimate of drug-likeness (QED) is 0.481. The Morgan fingerprint density at radius 3 is 2.88 bits per heavy atom. The second kappa shape index (κ2) is 6.90. The van der Waals surface area contributed by atoms with Gasteiger partial charge in [0.2, 0.25) is 0 Å². The summed E-state index contributed by atoms with van der Waals surface area (Å²) in [4.78, 5) is 12.4. The average molecular weight is 362 g/mol. The van der Waals surface area contributed by atoms with Crippen LogP contribution >= 0.6 is 34.8 Å². The monoisotopic (exact) mass is 362 g/mol. The highest BCUT2D eigenvalue weighted by molar-refractivity contribution is 14.1. The van der Waals surface area contributed by atoms with Crippen LogP contribution in [0.2, 0.25) is 0 Å². The molecule has 0 heterocycles. The van der Waals surface area contributed by atoms with Gasteiger partial charge < -0.3 is 11.1 Å². The van der Waals surface area contributed by atoms with Crippen LogP contribution in [0.4, 0.5) is 0 Å². The Labute approximate surface area is 120 Å². The van der Waals surface area contributed by atoms with Crippen molar-refractivity contribution in [1.29, 1.82) is 0 Å². The first-order valence-corrected chi connectivity index (χ1v) is 6.82. The van der Waals surface area contributed by atoms with E-state index in [-0.39, 0.29) is 5.91 Å². The predicted octanol–water partition coefficient (Wildman–Crippen LogP) is 2.40. The fourth-order valence-electron chi connectivity index (χ4n) is 1.38. The number of halogens is 1. The van der Waals surface area contributed by atoms with Gasteiger partial charge in [0.25, 0.3) is 5.91 Å². The van der Waals surface area contributed by atoms with Gasteiger partial charge in [0.1, 0.15) is 0 Å². The van der Waals surface area contributed by atoms with E-state index in [1.807, 2.05) is 25.1 Å². The minimum atomic E-state index is -0.0407. The van der Waals surface area contributed by atoms with Crippen LogP contribution in [-0.2, 0) is 0 Å². The summed E-state index contributed by atoms with van der Waals surface area (Å²) in [6, 6.07) is 5.71. The first-order chi connectivity index (χ1) is 8.02. The van der Waals surface area contributed by atoms with Crippen LogP contribution in [0.3, 0.4) is 0 Å². The van der Waals surface area contributed by atoms with E-state index >= 15 is 0 Å². The summed E-state index contributed by atoms with van der Waals surface area (Å²) < 4.78 is 0.997. The second-order valence-corrected chi connectivity index (χ2v) is 5.37. The predicted molar refractivity (Wildman–Crippen MR) is 82.2 cm³/mol. The number of nitrogens with two attached hydrogens (primary N) is 1. The van der Waals surface area contributed by atoms with Gasteiger partial charge in [-0.2, -0.15) is 0 Å². The average Bonchev–Trinajstić information content (AvgIpc) is 2.27. The molecule has 0 aliphatic carbocycles. The van der Waals surface area contributed by atoms with Crippen LogP contribution in [0.15, 0.2) is 18.2 Å². The fourth-order valence-corrected chi connectivity index (χ4v) is 2.13. The molecule has 1 aromatic carbocycles. The van der Waals surface area contributed by atoms with Crippen molar-refractivity contribution in [3.63, 3.8) is 0 Å². The summed E-state index contributed by atoms with van der Waals surface area (Å²) in [5.41, 5.74) is 7.22. The van der Waals surface area contributed by atoms with E-state index in [0.29, 0.717) is 18.0 Å². The Morgan fingerprint density at radius 1 is 1.53 bits per heavy atom. The fraction of sp³-hybridized carbons (Fsp3) is 0.333. The van der Waals surface area contributed by atoms with Crippen LogP contribution in [0.25, 0.3) is 0 Å². The van der Waals surface area contributed by atoms with Crippen molar-refractivity contribution in [2.24, 2.45) is 5.73 Å². The lowest BCUT2D eigenvalue weighted by Gasteiger charge is -2.08.